The van der Waals surface area contributed by atoms with E-state index in [1.807, 2.05) is 0 Å². The molecule has 216 valence electrons. The van der Waals surface area contributed by atoms with Crippen molar-refractivity contribution in [1.29, 1.82) is 0 Å². The minimum Gasteiger partial charge on any atom is -0.460 e. The summed E-state index contributed by atoms with van der Waals surface area (Å²) in [6, 6.07) is 10.4. The number of furan rings is 1. The number of fused-ring (bicyclic) bond motifs is 1. The summed E-state index contributed by atoms with van der Waals surface area (Å²) in [5.41, 5.74) is 0.913. The summed E-state index contributed by atoms with van der Waals surface area (Å²) in [6.45, 7) is 1.03. The van der Waals surface area contributed by atoms with E-state index in [9.17, 15) is 31.5 Å². The van der Waals surface area contributed by atoms with Crippen molar-refractivity contribution in [3.8, 4) is 0 Å². The van der Waals surface area contributed by atoms with E-state index in [1.54, 1.807) is 12.1 Å². The molecular formula is C29H26ClF3N2O5S. The molecule has 2 aromatic heterocycles. The number of carbonyl (C=O) groups is 1. The van der Waals surface area contributed by atoms with Gasteiger partial charge in [-0.3, -0.25) is 9.78 Å². The van der Waals surface area contributed by atoms with Gasteiger partial charge in [-0.25, -0.2) is 8.42 Å². The number of amides is 1. The summed E-state index contributed by atoms with van der Waals surface area (Å²) < 4.78 is 71.3. The third kappa shape index (κ3) is 6.12. The zero-order valence-corrected chi connectivity index (χ0v) is 23.4. The highest BCUT2D eigenvalue weighted by Gasteiger charge is 2.36. The van der Waals surface area contributed by atoms with Crippen molar-refractivity contribution in [2.24, 2.45) is 0 Å². The lowest BCUT2D eigenvalue weighted by Gasteiger charge is -2.16. The number of aliphatic hydroxyl groups excluding tert-OH is 1. The lowest BCUT2D eigenvalue weighted by Crippen LogP contribution is -2.31. The Balaban J connectivity index is 1.42. The van der Waals surface area contributed by atoms with Gasteiger partial charge in [0.05, 0.1) is 34.6 Å². The summed E-state index contributed by atoms with van der Waals surface area (Å²) >= 11 is 5.84. The van der Waals surface area contributed by atoms with Crippen molar-refractivity contribution >= 4 is 38.3 Å². The Morgan fingerprint density at radius 3 is 2.54 bits per heavy atom. The third-order valence-corrected chi connectivity index (χ3v) is 9.08. The number of hydrogen-bond donors (Lipinski definition) is 2. The number of nitrogens with one attached hydrogen (secondary N) is 1. The molecule has 1 aliphatic carbocycles. The summed E-state index contributed by atoms with van der Waals surface area (Å²) in [6.07, 6.45) is -1.71. The standard InChI is InChI=1S/C29H26ClF3N2O5S/c1-2-41(38,39)20-8-10-23(34-14-20)24(15-36)35-28(37)18-6-9-21-25(12-18)40-26(27(21)16-3-4-16)11-17-5-7-19(30)13-22(17)29(31,32)33/h5-10,12-14,16,24,36H,2-4,11,15H2,1H3,(H,35,37)/t24-/m0/s1. The van der Waals surface area contributed by atoms with Crippen molar-refractivity contribution in [3.63, 3.8) is 0 Å². The molecule has 2 aromatic carbocycles. The van der Waals surface area contributed by atoms with Gasteiger partial charge in [-0.1, -0.05) is 30.7 Å². The van der Waals surface area contributed by atoms with Crippen LogP contribution in [0.2, 0.25) is 5.02 Å². The van der Waals surface area contributed by atoms with Crippen molar-refractivity contribution in [2.45, 2.75) is 49.2 Å². The fourth-order valence-corrected chi connectivity index (χ4v) is 5.80. The van der Waals surface area contributed by atoms with Crippen LogP contribution in [0.3, 0.4) is 0 Å². The maximum absolute atomic E-state index is 13.7. The summed E-state index contributed by atoms with van der Waals surface area (Å²) in [7, 11) is -3.45. The van der Waals surface area contributed by atoms with Crippen molar-refractivity contribution in [1.82, 2.24) is 10.3 Å². The second-order valence-corrected chi connectivity index (χ2v) is 12.6. The summed E-state index contributed by atoms with van der Waals surface area (Å²) in [5.74, 6) is -0.0538. The Bertz CT molecular complexity index is 1720. The van der Waals surface area contributed by atoms with E-state index in [-0.39, 0.29) is 44.8 Å². The maximum Gasteiger partial charge on any atom is 0.416 e. The number of nitrogens with zero attached hydrogens (tertiary/aromatic N) is 1. The second-order valence-electron chi connectivity index (χ2n) is 9.93. The molecule has 0 bridgehead atoms. The van der Waals surface area contributed by atoms with E-state index < -0.39 is 40.1 Å². The van der Waals surface area contributed by atoms with Crippen LogP contribution in [0.25, 0.3) is 11.0 Å². The molecule has 1 saturated carbocycles. The molecule has 0 aliphatic heterocycles. The number of carbonyl (C=O) groups excluding carboxylic acids is 1. The molecule has 2 heterocycles. The Hall–Kier alpha value is -3.41. The molecule has 0 saturated heterocycles. The fraction of sp³-hybridized carbons (Fsp3) is 0.310. The smallest absolute Gasteiger partial charge is 0.416 e. The molecule has 0 spiro atoms. The second kappa shape index (κ2) is 11.1. The number of pyridine rings is 1. The average molecular weight is 607 g/mol. The highest BCUT2D eigenvalue weighted by Crippen LogP contribution is 2.47. The van der Waals surface area contributed by atoms with E-state index in [1.165, 1.54) is 43.5 Å². The van der Waals surface area contributed by atoms with Gasteiger partial charge < -0.3 is 14.8 Å². The molecule has 0 radical (unpaired) electrons. The topological polar surface area (TPSA) is 110 Å². The number of hydrogen-bond acceptors (Lipinski definition) is 6. The van der Waals surface area contributed by atoms with Crippen LogP contribution in [0.15, 0.2) is 64.0 Å². The molecule has 7 nitrogen and oxygen atoms in total. The van der Waals surface area contributed by atoms with Crippen LogP contribution in [-0.4, -0.2) is 36.8 Å². The number of rotatable bonds is 9. The first-order chi connectivity index (χ1) is 19.4. The van der Waals surface area contributed by atoms with Crippen LogP contribution in [0.5, 0.6) is 0 Å². The quantitative estimate of drug-likeness (QED) is 0.234. The van der Waals surface area contributed by atoms with E-state index in [4.69, 9.17) is 16.0 Å². The molecule has 1 atom stereocenters. The molecule has 1 amide bonds. The van der Waals surface area contributed by atoms with Crippen LogP contribution in [0, 0.1) is 0 Å². The van der Waals surface area contributed by atoms with Crippen molar-refractivity contribution in [3.05, 3.63) is 93.5 Å². The van der Waals surface area contributed by atoms with E-state index in [0.717, 1.165) is 29.9 Å². The lowest BCUT2D eigenvalue weighted by atomic mass is 9.98. The van der Waals surface area contributed by atoms with Crippen LogP contribution in [-0.2, 0) is 22.4 Å². The van der Waals surface area contributed by atoms with E-state index >= 15 is 0 Å². The first-order valence-corrected chi connectivity index (χ1v) is 15.0. The number of aliphatic hydroxyl groups is 1. The van der Waals surface area contributed by atoms with Gasteiger partial charge in [0.15, 0.2) is 9.84 Å². The first kappa shape index (κ1) is 29.1. The molecule has 2 N–H and O–H groups in total. The fourth-order valence-electron chi connectivity index (χ4n) is 4.80. The average Bonchev–Trinajstić information content (AvgIpc) is 3.72. The van der Waals surface area contributed by atoms with Crippen LogP contribution in [0.4, 0.5) is 13.2 Å². The molecule has 4 aromatic rings. The molecule has 12 heteroatoms. The predicted octanol–water partition coefficient (Wildman–Crippen LogP) is 6.23. The summed E-state index contributed by atoms with van der Waals surface area (Å²) in [5, 5.41) is 13.3. The number of halogens is 4. The summed E-state index contributed by atoms with van der Waals surface area (Å²) in [4.78, 5) is 17.2. The van der Waals surface area contributed by atoms with Gasteiger partial charge in [0.25, 0.3) is 5.91 Å². The van der Waals surface area contributed by atoms with Crippen LogP contribution < -0.4 is 5.32 Å². The first-order valence-electron chi connectivity index (χ1n) is 12.9. The minimum absolute atomic E-state index is 0.0120. The highest BCUT2D eigenvalue weighted by molar-refractivity contribution is 7.91. The van der Waals surface area contributed by atoms with Gasteiger partial charge in [-0.05, 0) is 60.7 Å². The highest BCUT2D eigenvalue weighted by atomic mass is 35.5. The van der Waals surface area contributed by atoms with Gasteiger partial charge >= 0.3 is 6.18 Å². The zero-order valence-electron chi connectivity index (χ0n) is 21.8. The van der Waals surface area contributed by atoms with E-state index in [0.29, 0.717) is 11.3 Å². The molecule has 41 heavy (non-hydrogen) atoms. The molecule has 0 unspecified atom stereocenters. The maximum atomic E-state index is 13.7. The number of sulfone groups is 1. The van der Waals surface area contributed by atoms with Gasteiger partial charge in [-0.2, -0.15) is 13.2 Å². The third-order valence-electron chi connectivity index (χ3n) is 7.12. The molecular weight excluding hydrogens is 581 g/mol. The Kier molecular flexibility index (Phi) is 7.88. The SMILES string of the molecule is CCS(=O)(=O)c1ccc([C@H](CO)NC(=O)c2ccc3c(C4CC4)c(Cc4ccc(Cl)cc4C(F)(F)F)oc3c2)nc1. The molecule has 1 aliphatic rings. The van der Waals surface area contributed by atoms with Crippen molar-refractivity contribution in [2.75, 3.05) is 12.4 Å². The van der Waals surface area contributed by atoms with Crippen molar-refractivity contribution < 1.29 is 35.9 Å². The largest absolute Gasteiger partial charge is 0.460 e. The van der Waals surface area contributed by atoms with Crippen LogP contribution >= 0.6 is 11.6 Å². The molecule has 5 rings (SSSR count). The number of alkyl halides is 3. The Morgan fingerprint density at radius 2 is 1.93 bits per heavy atom. The Morgan fingerprint density at radius 1 is 1.17 bits per heavy atom. The van der Waals surface area contributed by atoms with Gasteiger partial charge in [0.2, 0.25) is 0 Å². The van der Waals surface area contributed by atoms with E-state index in [2.05, 4.69) is 10.3 Å². The lowest BCUT2D eigenvalue weighted by molar-refractivity contribution is -0.138. The van der Waals surface area contributed by atoms with Crippen LogP contribution in [0.1, 0.15) is 70.2 Å². The number of aromatic nitrogens is 1. The molecule has 1 fully saturated rings. The minimum atomic E-state index is -4.58. The van der Waals surface area contributed by atoms with Gasteiger partial charge in [0.1, 0.15) is 11.3 Å². The predicted molar refractivity (Wildman–Crippen MR) is 147 cm³/mol. The normalized spacial score (nSPS) is 14.8. The Labute approximate surface area is 239 Å². The number of benzene rings is 2. The monoisotopic (exact) mass is 606 g/mol. The van der Waals surface area contributed by atoms with Gasteiger partial charge in [-0.15, -0.1) is 0 Å². The zero-order chi connectivity index (χ0) is 29.5. The van der Waals surface area contributed by atoms with Gasteiger partial charge in [0, 0.05) is 34.2 Å².